The van der Waals surface area contributed by atoms with Crippen molar-refractivity contribution in [2.24, 2.45) is 0 Å². The van der Waals surface area contributed by atoms with Crippen molar-refractivity contribution < 1.29 is 16.8 Å². The third kappa shape index (κ3) is 5.34. The first-order valence-corrected chi connectivity index (χ1v) is 17.4. The minimum Gasteiger partial charge on any atom is -0.303 e. The lowest BCUT2D eigenvalue weighted by Crippen LogP contribution is -2.50. The van der Waals surface area contributed by atoms with E-state index >= 15 is 0 Å². The molecule has 0 atom stereocenters. The fourth-order valence-corrected chi connectivity index (χ4v) is 12.6. The lowest BCUT2D eigenvalue weighted by atomic mass is 9.86. The molecule has 0 unspecified atom stereocenters. The summed E-state index contributed by atoms with van der Waals surface area (Å²) in [5.74, 6) is -0.168. The van der Waals surface area contributed by atoms with Gasteiger partial charge in [-0.3, -0.25) is 0 Å². The molecule has 216 valence electrons. The third-order valence-corrected chi connectivity index (χ3v) is 14.8. The minimum atomic E-state index is -3.85. The molecule has 6 rings (SSSR count). The van der Waals surface area contributed by atoms with Crippen molar-refractivity contribution in [3.05, 3.63) is 112 Å². The Morgan fingerprint density at radius 2 is 1.20 bits per heavy atom. The van der Waals surface area contributed by atoms with Crippen LogP contribution in [0.25, 0.3) is 17.7 Å². The predicted octanol–water partition coefficient (Wildman–Crippen LogP) is 6.36. The molecule has 0 N–H and O–H groups in total. The van der Waals surface area contributed by atoms with E-state index in [0.29, 0.717) is 18.5 Å². The lowest BCUT2D eigenvalue weighted by Gasteiger charge is -2.37. The highest BCUT2D eigenvalue weighted by atomic mass is 35.5. The molecule has 1 aliphatic carbocycles. The average molecular weight is 610 g/mol. The number of fused-ring (bicyclic) bond motifs is 2. The van der Waals surface area contributed by atoms with Crippen LogP contribution in [0.2, 0.25) is 0 Å². The van der Waals surface area contributed by atoms with E-state index in [-0.39, 0.29) is 36.8 Å². The molecule has 3 aromatic rings. The van der Waals surface area contributed by atoms with Gasteiger partial charge in [0.25, 0.3) is 0 Å². The van der Waals surface area contributed by atoms with E-state index in [0.717, 1.165) is 25.9 Å². The van der Waals surface area contributed by atoms with E-state index < -0.39 is 23.8 Å². The van der Waals surface area contributed by atoms with Gasteiger partial charge >= 0.3 is 0 Å². The molecule has 0 saturated carbocycles. The van der Waals surface area contributed by atoms with Crippen LogP contribution in [0.5, 0.6) is 0 Å². The van der Waals surface area contributed by atoms with Gasteiger partial charge in [0, 0.05) is 13.1 Å². The smallest absolute Gasteiger partial charge is 0.198 e. The summed E-state index contributed by atoms with van der Waals surface area (Å²) in [7, 11) is -7.70. The molecular formula is C33H36ClNO4S2. The number of likely N-dealkylation sites (tertiary alicyclic amines) is 1. The summed E-state index contributed by atoms with van der Waals surface area (Å²) in [5.41, 5.74) is 8.15. The first-order chi connectivity index (χ1) is 19.3. The van der Waals surface area contributed by atoms with Crippen LogP contribution in [0.1, 0.15) is 59.9 Å². The van der Waals surface area contributed by atoms with Crippen LogP contribution in [0, 0.1) is 0 Å². The van der Waals surface area contributed by atoms with Crippen LogP contribution in [-0.2, 0) is 23.8 Å². The van der Waals surface area contributed by atoms with Crippen LogP contribution in [-0.4, -0.2) is 52.9 Å². The SMILES string of the molecule is Cl.O=S1(=O)CCCS(=O)(=O)C1(CCCN1CCC(=C2c3ccccc3C=Cc3ccccc32)CC1)c1ccccc1. The molecule has 0 bridgehead atoms. The molecule has 3 aromatic carbocycles. The minimum absolute atomic E-state index is 0. The summed E-state index contributed by atoms with van der Waals surface area (Å²) in [6, 6.07) is 25.7. The van der Waals surface area contributed by atoms with Crippen LogP contribution in [0.15, 0.2) is 84.4 Å². The van der Waals surface area contributed by atoms with Crippen LogP contribution in [0.4, 0.5) is 0 Å². The Balaban J connectivity index is 0.00000337. The average Bonchev–Trinajstić information content (AvgIpc) is 3.12. The fraction of sp³-hybridized carbons (Fsp3) is 0.333. The van der Waals surface area contributed by atoms with Gasteiger partial charge in [0.15, 0.2) is 23.8 Å². The molecule has 3 aliphatic rings. The van der Waals surface area contributed by atoms with E-state index in [9.17, 15) is 16.8 Å². The Kier molecular flexibility index (Phi) is 8.63. The number of nitrogens with zero attached hydrogens (tertiary/aromatic N) is 1. The van der Waals surface area contributed by atoms with Crippen LogP contribution in [0.3, 0.4) is 0 Å². The Morgan fingerprint density at radius 3 is 1.76 bits per heavy atom. The summed E-state index contributed by atoms with van der Waals surface area (Å²) in [4.78, 5) is 2.36. The highest BCUT2D eigenvalue weighted by Gasteiger charge is 2.57. The van der Waals surface area contributed by atoms with Crippen molar-refractivity contribution >= 4 is 49.8 Å². The summed E-state index contributed by atoms with van der Waals surface area (Å²) in [6.07, 6.45) is 7.04. The molecule has 0 aromatic heterocycles. The van der Waals surface area contributed by atoms with Crippen molar-refractivity contribution in [3.63, 3.8) is 0 Å². The van der Waals surface area contributed by atoms with Gasteiger partial charge in [-0.15, -0.1) is 12.4 Å². The first-order valence-electron chi connectivity index (χ1n) is 14.1. The van der Waals surface area contributed by atoms with Crippen molar-refractivity contribution in [1.29, 1.82) is 0 Å². The maximum Gasteiger partial charge on any atom is 0.198 e. The van der Waals surface area contributed by atoms with Gasteiger partial charge in [-0.1, -0.05) is 96.6 Å². The van der Waals surface area contributed by atoms with Crippen molar-refractivity contribution in [3.8, 4) is 0 Å². The second kappa shape index (κ2) is 11.9. The molecular weight excluding hydrogens is 574 g/mol. The van der Waals surface area contributed by atoms with E-state index in [1.165, 1.54) is 33.4 Å². The summed E-state index contributed by atoms with van der Waals surface area (Å²) in [5, 5.41) is 0. The van der Waals surface area contributed by atoms with Gasteiger partial charge in [-0.2, -0.15) is 0 Å². The third-order valence-electron chi connectivity index (χ3n) is 8.74. The number of sulfone groups is 2. The van der Waals surface area contributed by atoms with E-state index in [1.807, 2.05) is 0 Å². The van der Waals surface area contributed by atoms with E-state index in [1.54, 1.807) is 30.3 Å². The fourth-order valence-electron chi connectivity index (χ4n) is 6.75. The van der Waals surface area contributed by atoms with Gasteiger partial charge in [0.1, 0.15) is 0 Å². The molecule has 2 fully saturated rings. The zero-order valence-electron chi connectivity index (χ0n) is 23.0. The first kappa shape index (κ1) is 29.8. The van der Waals surface area contributed by atoms with E-state index in [2.05, 4.69) is 65.6 Å². The zero-order valence-corrected chi connectivity index (χ0v) is 25.5. The van der Waals surface area contributed by atoms with Gasteiger partial charge in [0.2, 0.25) is 0 Å². The molecule has 2 saturated heterocycles. The van der Waals surface area contributed by atoms with Crippen LogP contribution >= 0.6 is 12.4 Å². The van der Waals surface area contributed by atoms with E-state index in [4.69, 9.17) is 0 Å². The second-order valence-electron chi connectivity index (χ2n) is 11.0. The van der Waals surface area contributed by atoms with Crippen molar-refractivity contribution in [2.45, 2.75) is 36.2 Å². The molecule has 2 aliphatic heterocycles. The van der Waals surface area contributed by atoms with Crippen molar-refractivity contribution in [2.75, 3.05) is 31.1 Å². The van der Waals surface area contributed by atoms with Gasteiger partial charge in [0.05, 0.1) is 11.5 Å². The Bertz CT molecular complexity index is 1600. The summed E-state index contributed by atoms with van der Waals surface area (Å²) in [6.45, 7) is 2.42. The largest absolute Gasteiger partial charge is 0.303 e. The lowest BCUT2D eigenvalue weighted by molar-refractivity contribution is 0.250. The van der Waals surface area contributed by atoms with Crippen molar-refractivity contribution in [1.82, 2.24) is 4.90 Å². The molecule has 0 spiro atoms. The molecule has 0 radical (unpaired) electrons. The summed E-state index contributed by atoms with van der Waals surface area (Å²) >= 11 is 0. The Hall–Kier alpha value is -2.71. The van der Waals surface area contributed by atoms with Gasteiger partial charge < -0.3 is 4.90 Å². The van der Waals surface area contributed by atoms with Crippen LogP contribution < -0.4 is 0 Å². The maximum atomic E-state index is 13.4. The Labute approximate surface area is 250 Å². The number of benzene rings is 3. The normalized spacial score (nSPS) is 20.8. The second-order valence-corrected chi connectivity index (χ2v) is 16.0. The molecule has 8 heteroatoms. The topological polar surface area (TPSA) is 71.5 Å². The Morgan fingerprint density at radius 1 is 0.683 bits per heavy atom. The number of halogens is 1. The molecule has 5 nitrogen and oxygen atoms in total. The maximum absolute atomic E-state index is 13.4. The monoisotopic (exact) mass is 609 g/mol. The quantitative estimate of drug-likeness (QED) is 0.263. The predicted molar refractivity (Wildman–Crippen MR) is 170 cm³/mol. The number of piperidine rings is 1. The highest BCUT2D eigenvalue weighted by Crippen LogP contribution is 2.45. The van der Waals surface area contributed by atoms with Gasteiger partial charge in [-0.05, 0) is 72.0 Å². The number of hydrogen-bond acceptors (Lipinski definition) is 5. The number of rotatable bonds is 5. The molecule has 2 heterocycles. The standard InChI is InChI=1S/C33H35NO4S2.ClH/c35-39(36)24-9-25-40(37,38)33(39,29-12-2-1-3-13-29)20-8-21-34-22-18-28(19-23-34)32-30-14-6-4-10-26(30)16-17-27-11-5-7-15-31(27)32;/h1-7,10-17H,8-9,18-25H2;1H. The zero-order chi connectivity index (χ0) is 27.8. The van der Waals surface area contributed by atoms with Gasteiger partial charge in [-0.25, -0.2) is 16.8 Å². The molecule has 41 heavy (non-hydrogen) atoms. The summed E-state index contributed by atoms with van der Waals surface area (Å²) < 4.78 is 51.9. The number of hydrogen-bond donors (Lipinski definition) is 0. The molecule has 0 amide bonds. The highest BCUT2D eigenvalue weighted by molar-refractivity contribution is 8.10.